The Bertz CT molecular complexity index is 838. The van der Waals surface area contributed by atoms with Gasteiger partial charge < -0.3 is 14.5 Å². The van der Waals surface area contributed by atoms with Gasteiger partial charge in [0, 0.05) is 61.9 Å². The number of hydrogen-bond donors (Lipinski definition) is 0. The highest BCUT2D eigenvalue weighted by molar-refractivity contribution is 6.30. The molecule has 1 atom stereocenters. The summed E-state index contributed by atoms with van der Waals surface area (Å²) in [6.45, 7) is 1.65. The molecule has 2 aliphatic rings. The Labute approximate surface area is 168 Å². The molecule has 2 aromatic rings. The molecule has 7 nitrogen and oxygen atoms in total. The summed E-state index contributed by atoms with van der Waals surface area (Å²) in [6.07, 6.45) is 3.35. The maximum atomic E-state index is 12.9. The molecule has 0 spiro atoms. The number of benzene rings is 1. The summed E-state index contributed by atoms with van der Waals surface area (Å²) in [6, 6.07) is 10.7. The third-order valence-electron chi connectivity index (χ3n) is 5.20. The summed E-state index contributed by atoms with van der Waals surface area (Å²) in [5.74, 6) is 0.220. The van der Waals surface area contributed by atoms with E-state index < -0.39 is 0 Å². The Morgan fingerprint density at radius 1 is 1.14 bits per heavy atom. The second-order valence-electron chi connectivity index (χ2n) is 7.09. The molecule has 2 amide bonds. The molecule has 3 heterocycles. The van der Waals surface area contributed by atoms with Crippen molar-refractivity contribution in [1.82, 2.24) is 15.1 Å². The van der Waals surface area contributed by atoms with Gasteiger partial charge in [-0.1, -0.05) is 11.6 Å². The molecule has 0 unspecified atom stereocenters. The van der Waals surface area contributed by atoms with Crippen LogP contribution in [0.3, 0.4) is 0 Å². The lowest BCUT2D eigenvalue weighted by molar-refractivity contribution is -0.137. The summed E-state index contributed by atoms with van der Waals surface area (Å²) in [7, 11) is 0. The van der Waals surface area contributed by atoms with Crippen LogP contribution in [0.25, 0.3) is 0 Å². The largest absolute Gasteiger partial charge is 0.473 e. The number of piperidine rings is 1. The Hall–Kier alpha value is -2.67. The predicted octanol–water partition coefficient (Wildman–Crippen LogP) is 2.55. The molecule has 146 valence electrons. The van der Waals surface area contributed by atoms with Crippen LogP contribution in [0, 0.1) is 5.92 Å². The molecule has 4 rings (SSSR count). The summed E-state index contributed by atoms with van der Waals surface area (Å²) < 4.78 is 5.83. The van der Waals surface area contributed by atoms with Gasteiger partial charge in [-0.3, -0.25) is 9.59 Å². The third kappa shape index (κ3) is 4.09. The van der Waals surface area contributed by atoms with Crippen molar-refractivity contribution >= 4 is 29.1 Å². The Kier molecular flexibility index (Phi) is 5.43. The average Bonchev–Trinajstić information content (AvgIpc) is 3.11. The zero-order valence-corrected chi connectivity index (χ0v) is 16.1. The van der Waals surface area contributed by atoms with Crippen LogP contribution in [0.5, 0.6) is 5.88 Å². The number of nitrogens with zero attached hydrogens (tertiary/aromatic N) is 4. The van der Waals surface area contributed by atoms with Crippen molar-refractivity contribution in [2.24, 2.45) is 5.92 Å². The van der Waals surface area contributed by atoms with Gasteiger partial charge in [-0.2, -0.15) is 5.10 Å². The summed E-state index contributed by atoms with van der Waals surface area (Å²) in [5.41, 5.74) is 0.778. The van der Waals surface area contributed by atoms with Crippen LogP contribution in [0.2, 0.25) is 5.02 Å². The standard InChI is InChI=1S/C20H21ClN4O3/c21-15-3-5-16(6-4-15)25-13-14(12-19(25)26)20(27)24-10-7-17(8-11-24)28-18-2-1-9-22-23-18/h1-6,9,14,17H,7-8,10-13H2/t14-/m1/s1. The number of amides is 2. The highest BCUT2D eigenvalue weighted by Gasteiger charge is 2.38. The van der Waals surface area contributed by atoms with Crippen molar-refractivity contribution < 1.29 is 14.3 Å². The van der Waals surface area contributed by atoms with E-state index in [9.17, 15) is 9.59 Å². The molecular formula is C20H21ClN4O3. The van der Waals surface area contributed by atoms with Gasteiger partial charge in [-0.05, 0) is 30.3 Å². The molecule has 0 bridgehead atoms. The molecule has 2 fully saturated rings. The lowest BCUT2D eigenvalue weighted by Crippen LogP contribution is -2.45. The van der Waals surface area contributed by atoms with E-state index in [2.05, 4.69) is 10.2 Å². The van der Waals surface area contributed by atoms with E-state index >= 15 is 0 Å². The quantitative estimate of drug-likeness (QED) is 0.788. The number of hydrogen-bond acceptors (Lipinski definition) is 5. The minimum absolute atomic E-state index is 0.0246. The minimum atomic E-state index is -0.305. The number of carbonyl (C=O) groups excluding carboxylic acids is 2. The van der Waals surface area contributed by atoms with Crippen molar-refractivity contribution in [3.05, 3.63) is 47.6 Å². The fourth-order valence-electron chi connectivity index (χ4n) is 3.72. The number of rotatable bonds is 4. The third-order valence-corrected chi connectivity index (χ3v) is 5.45. The Morgan fingerprint density at radius 3 is 2.57 bits per heavy atom. The number of likely N-dealkylation sites (tertiary alicyclic amines) is 1. The summed E-state index contributed by atoms with van der Waals surface area (Å²) in [5, 5.41) is 8.36. The van der Waals surface area contributed by atoms with Crippen LogP contribution in [-0.2, 0) is 9.59 Å². The number of anilines is 1. The van der Waals surface area contributed by atoms with Gasteiger partial charge in [0.2, 0.25) is 17.7 Å². The molecular weight excluding hydrogens is 380 g/mol. The first kappa shape index (κ1) is 18.7. The molecule has 28 heavy (non-hydrogen) atoms. The summed E-state index contributed by atoms with van der Waals surface area (Å²) in [4.78, 5) is 28.8. The van der Waals surface area contributed by atoms with E-state index in [1.54, 1.807) is 35.4 Å². The normalized spacial score (nSPS) is 20.5. The lowest BCUT2D eigenvalue weighted by Gasteiger charge is -2.33. The van der Waals surface area contributed by atoms with Gasteiger partial charge >= 0.3 is 0 Å². The van der Waals surface area contributed by atoms with Crippen molar-refractivity contribution in [2.75, 3.05) is 24.5 Å². The first-order chi connectivity index (χ1) is 13.6. The molecule has 8 heteroatoms. The van der Waals surface area contributed by atoms with E-state index in [4.69, 9.17) is 16.3 Å². The van der Waals surface area contributed by atoms with Crippen LogP contribution in [0.15, 0.2) is 42.6 Å². The first-order valence-corrected chi connectivity index (χ1v) is 9.77. The van der Waals surface area contributed by atoms with Gasteiger partial charge in [0.1, 0.15) is 6.10 Å². The number of ether oxygens (including phenoxy) is 1. The number of carbonyl (C=O) groups is 2. The molecule has 0 aliphatic carbocycles. The van der Waals surface area contributed by atoms with Gasteiger partial charge in [0.25, 0.3) is 0 Å². The Morgan fingerprint density at radius 2 is 1.89 bits per heavy atom. The second kappa shape index (κ2) is 8.14. The van der Waals surface area contributed by atoms with E-state index in [1.807, 2.05) is 17.0 Å². The van der Waals surface area contributed by atoms with Crippen LogP contribution in [-0.4, -0.2) is 52.6 Å². The van der Waals surface area contributed by atoms with Crippen LogP contribution in [0.1, 0.15) is 19.3 Å². The highest BCUT2D eigenvalue weighted by atomic mass is 35.5. The van der Waals surface area contributed by atoms with E-state index in [0.29, 0.717) is 30.5 Å². The van der Waals surface area contributed by atoms with E-state index in [-0.39, 0.29) is 30.3 Å². The van der Waals surface area contributed by atoms with Gasteiger partial charge in [-0.25, -0.2) is 0 Å². The van der Waals surface area contributed by atoms with Crippen molar-refractivity contribution in [3.8, 4) is 5.88 Å². The van der Waals surface area contributed by atoms with Crippen molar-refractivity contribution in [2.45, 2.75) is 25.4 Å². The van der Waals surface area contributed by atoms with E-state index in [0.717, 1.165) is 18.5 Å². The molecule has 1 aromatic carbocycles. The van der Waals surface area contributed by atoms with E-state index in [1.165, 1.54) is 0 Å². The smallest absolute Gasteiger partial charge is 0.233 e. The predicted molar refractivity (Wildman–Crippen MR) is 104 cm³/mol. The topological polar surface area (TPSA) is 75.6 Å². The fraction of sp³-hybridized carbons (Fsp3) is 0.400. The Balaban J connectivity index is 1.32. The molecule has 2 aliphatic heterocycles. The van der Waals surface area contributed by atoms with Gasteiger partial charge in [0.05, 0.1) is 5.92 Å². The molecule has 2 saturated heterocycles. The van der Waals surface area contributed by atoms with Crippen molar-refractivity contribution in [3.63, 3.8) is 0 Å². The number of aromatic nitrogens is 2. The fourth-order valence-corrected chi connectivity index (χ4v) is 3.84. The second-order valence-corrected chi connectivity index (χ2v) is 7.52. The van der Waals surface area contributed by atoms with Crippen LogP contribution in [0.4, 0.5) is 5.69 Å². The monoisotopic (exact) mass is 400 g/mol. The first-order valence-electron chi connectivity index (χ1n) is 9.39. The minimum Gasteiger partial charge on any atom is -0.473 e. The van der Waals surface area contributed by atoms with Gasteiger partial charge in [0.15, 0.2) is 0 Å². The molecule has 1 aromatic heterocycles. The maximum absolute atomic E-state index is 12.9. The van der Waals surface area contributed by atoms with Crippen LogP contribution >= 0.6 is 11.6 Å². The van der Waals surface area contributed by atoms with Crippen LogP contribution < -0.4 is 9.64 Å². The molecule has 0 saturated carbocycles. The average molecular weight is 401 g/mol. The molecule has 0 radical (unpaired) electrons. The zero-order valence-electron chi connectivity index (χ0n) is 15.3. The van der Waals surface area contributed by atoms with Gasteiger partial charge in [-0.15, -0.1) is 5.10 Å². The highest BCUT2D eigenvalue weighted by Crippen LogP contribution is 2.28. The van der Waals surface area contributed by atoms with Crippen molar-refractivity contribution in [1.29, 1.82) is 0 Å². The lowest BCUT2D eigenvalue weighted by atomic mass is 10.0. The summed E-state index contributed by atoms with van der Waals surface area (Å²) >= 11 is 5.92. The zero-order chi connectivity index (χ0) is 19.5. The molecule has 0 N–H and O–H groups in total. The SMILES string of the molecule is O=C([C@@H]1CC(=O)N(c2ccc(Cl)cc2)C1)N1CCC(Oc2cccnn2)CC1. The number of halogens is 1. The maximum Gasteiger partial charge on any atom is 0.233 e.